The summed E-state index contributed by atoms with van der Waals surface area (Å²) in [5, 5.41) is 7.06. The third-order valence-electron chi connectivity index (χ3n) is 5.78. The van der Waals surface area contributed by atoms with Crippen LogP contribution in [0.3, 0.4) is 0 Å². The third kappa shape index (κ3) is 5.63. The quantitative estimate of drug-likeness (QED) is 0.553. The summed E-state index contributed by atoms with van der Waals surface area (Å²) in [4.78, 5) is 39.2. The van der Waals surface area contributed by atoms with Crippen LogP contribution in [0.5, 0.6) is 0 Å². The van der Waals surface area contributed by atoms with Crippen LogP contribution in [0.1, 0.15) is 36.7 Å². The highest BCUT2D eigenvalue weighted by atomic mass is 16.5. The molecule has 0 aliphatic carbocycles. The number of aromatic nitrogens is 2. The minimum absolute atomic E-state index is 0.0735. The van der Waals surface area contributed by atoms with Gasteiger partial charge in [0.1, 0.15) is 0 Å². The molecule has 0 saturated carbocycles. The summed E-state index contributed by atoms with van der Waals surface area (Å²) >= 11 is 0. The Labute approximate surface area is 188 Å². The van der Waals surface area contributed by atoms with Crippen molar-refractivity contribution in [3.05, 3.63) is 53.4 Å². The van der Waals surface area contributed by atoms with Gasteiger partial charge in [0, 0.05) is 26.2 Å². The average molecular weight is 439 g/mol. The topological polar surface area (TPSA) is 93.5 Å². The Hall–Kier alpha value is -3.42. The molecule has 32 heavy (non-hydrogen) atoms. The summed E-state index contributed by atoms with van der Waals surface area (Å²) < 4.78 is 7.10. The Bertz CT molecular complexity index is 1000. The lowest BCUT2D eigenvalue weighted by atomic mass is 9.97. The molecule has 3 rings (SSSR count). The van der Waals surface area contributed by atoms with E-state index < -0.39 is 18.0 Å². The highest BCUT2D eigenvalue weighted by Crippen LogP contribution is 2.21. The van der Waals surface area contributed by atoms with Crippen LogP contribution in [0, 0.1) is 19.8 Å². The van der Waals surface area contributed by atoms with E-state index in [0.717, 1.165) is 11.3 Å². The number of hydrogen-bond acceptors (Lipinski definition) is 5. The van der Waals surface area contributed by atoms with Crippen molar-refractivity contribution in [2.24, 2.45) is 13.0 Å². The number of nitrogens with zero attached hydrogens (tertiary/aromatic N) is 3. The Morgan fingerprint density at radius 1 is 1.16 bits per heavy atom. The summed E-state index contributed by atoms with van der Waals surface area (Å²) in [7, 11) is 1.80. The molecule has 0 radical (unpaired) electrons. The lowest BCUT2D eigenvalue weighted by molar-refractivity contribution is -0.159. The van der Waals surface area contributed by atoms with Crippen molar-refractivity contribution in [1.82, 2.24) is 14.7 Å². The summed E-state index contributed by atoms with van der Waals surface area (Å²) in [5.74, 6) is -1.19. The van der Waals surface area contributed by atoms with Crippen LogP contribution < -0.4 is 5.32 Å². The second-order valence-electron chi connectivity index (χ2n) is 8.08. The molecule has 1 unspecified atom stereocenters. The van der Waals surface area contributed by atoms with Gasteiger partial charge in [0.05, 0.1) is 23.0 Å². The number of aryl methyl sites for hydroxylation is 2. The van der Waals surface area contributed by atoms with Crippen LogP contribution in [0.15, 0.2) is 36.4 Å². The van der Waals surface area contributed by atoms with Crippen LogP contribution in [0.4, 0.5) is 5.69 Å². The number of carbonyl (C=O) groups is 3. The van der Waals surface area contributed by atoms with Crippen LogP contribution in [-0.4, -0.2) is 51.7 Å². The van der Waals surface area contributed by atoms with Gasteiger partial charge >= 0.3 is 5.97 Å². The number of anilines is 1. The summed E-state index contributed by atoms with van der Waals surface area (Å²) in [6.45, 7) is 6.18. The minimum Gasteiger partial charge on any atom is -0.452 e. The molecular weight excluding hydrogens is 408 g/mol. The first-order valence-electron chi connectivity index (χ1n) is 10.8. The maximum absolute atomic E-state index is 12.6. The number of benzene rings is 1. The largest absolute Gasteiger partial charge is 0.452 e. The molecule has 1 saturated heterocycles. The molecule has 8 nitrogen and oxygen atoms in total. The van der Waals surface area contributed by atoms with Crippen molar-refractivity contribution < 1.29 is 19.1 Å². The molecule has 2 amide bonds. The maximum Gasteiger partial charge on any atom is 0.309 e. The van der Waals surface area contributed by atoms with E-state index >= 15 is 0 Å². The first-order valence-corrected chi connectivity index (χ1v) is 10.8. The minimum atomic E-state index is -0.921. The van der Waals surface area contributed by atoms with Gasteiger partial charge in [0.25, 0.3) is 5.91 Å². The second kappa shape index (κ2) is 10.3. The van der Waals surface area contributed by atoms with Crippen molar-refractivity contribution in [2.45, 2.75) is 39.7 Å². The number of likely N-dealkylation sites (tertiary alicyclic amines) is 1. The number of hydrogen-bond donors (Lipinski definition) is 1. The Balaban J connectivity index is 1.47. The Kier molecular flexibility index (Phi) is 7.45. The zero-order chi connectivity index (χ0) is 23.3. The molecule has 1 N–H and O–H groups in total. The monoisotopic (exact) mass is 438 g/mol. The van der Waals surface area contributed by atoms with Crippen molar-refractivity contribution in [3.8, 4) is 0 Å². The Morgan fingerprint density at radius 2 is 1.81 bits per heavy atom. The van der Waals surface area contributed by atoms with E-state index in [-0.39, 0.29) is 11.8 Å². The van der Waals surface area contributed by atoms with Gasteiger partial charge < -0.3 is 15.0 Å². The van der Waals surface area contributed by atoms with Crippen molar-refractivity contribution in [1.29, 1.82) is 0 Å². The third-order valence-corrected chi connectivity index (χ3v) is 5.78. The van der Waals surface area contributed by atoms with Gasteiger partial charge in [-0.15, -0.1) is 0 Å². The van der Waals surface area contributed by atoms with E-state index in [0.29, 0.717) is 37.3 Å². The molecule has 1 aliphatic heterocycles. The van der Waals surface area contributed by atoms with Gasteiger partial charge in [-0.3, -0.25) is 19.1 Å². The molecule has 1 aliphatic rings. The molecule has 1 aromatic carbocycles. The normalized spacial score (nSPS) is 15.6. The van der Waals surface area contributed by atoms with Gasteiger partial charge in [-0.2, -0.15) is 5.10 Å². The number of rotatable bonds is 6. The standard InChI is InChI=1S/C24H30N4O4/c1-16-22(17(2)27(4)26-16)25-23(30)18(3)32-24(31)20-12-14-28(15-13-20)21(29)11-10-19-8-6-5-7-9-19/h5-11,18,20H,12-15H2,1-4H3,(H,25,30)/b11-10+. The maximum atomic E-state index is 12.6. The molecule has 1 aromatic heterocycles. The van der Waals surface area contributed by atoms with Crippen LogP contribution in [0.2, 0.25) is 0 Å². The van der Waals surface area contributed by atoms with Gasteiger partial charge in [-0.25, -0.2) is 0 Å². The first kappa shape index (κ1) is 23.2. The predicted octanol–water partition coefficient (Wildman–Crippen LogP) is 2.86. The van der Waals surface area contributed by atoms with E-state index in [1.54, 1.807) is 35.7 Å². The zero-order valence-corrected chi connectivity index (χ0v) is 19.0. The fraction of sp³-hybridized carbons (Fsp3) is 0.417. The SMILES string of the molecule is Cc1nn(C)c(C)c1NC(=O)C(C)OC(=O)C1CCN(C(=O)/C=C/c2ccccc2)CC1. The van der Waals surface area contributed by atoms with Gasteiger partial charge in [-0.05, 0) is 45.3 Å². The molecular formula is C24H30N4O4. The number of nitrogens with one attached hydrogen (secondary N) is 1. The summed E-state index contributed by atoms with van der Waals surface area (Å²) in [6.07, 6.45) is 3.45. The average Bonchev–Trinajstić information content (AvgIpc) is 3.04. The molecule has 2 heterocycles. The van der Waals surface area contributed by atoms with Gasteiger partial charge in [0.15, 0.2) is 6.10 Å². The van der Waals surface area contributed by atoms with E-state index in [4.69, 9.17) is 4.74 Å². The summed E-state index contributed by atoms with van der Waals surface area (Å²) in [5.41, 5.74) is 3.13. The van der Waals surface area contributed by atoms with Gasteiger partial charge in [0.2, 0.25) is 5.91 Å². The van der Waals surface area contributed by atoms with Crippen molar-refractivity contribution in [3.63, 3.8) is 0 Å². The second-order valence-corrected chi connectivity index (χ2v) is 8.08. The molecule has 0 bridgehead atoms. The Morgan fingerprint density at radius 3 is 2.41 bits per heavy atom. The van der Waals surface area contributed by atoms with E-state index in [9.17, 15) is 14.4 Å². The highest BCUT2D eigenvalue weighted by Gasteiger charge is 2.30. The number of amides is 2. The smallest absolute Gasteiger partial charge is 0.309 e. The van der Waals surface area contributed by atoms with E-state index in [2.05, 4.69) is 10.4 Å². The van der Waals surface area contributed by atoms with Crippen LogP contribution >= 0.6 is 0 Å². The molecule has 0 spiro atoms. The lowest BCUT2D eigenvalue weighted by Crippen LogP contribution is -2.41. The number of piperidine rings is 1. The number of carbonyl (C=O) groups excluding carboxylic acids is 3. The fourth-order valence-corrected chi connectivity index (χ4v) is 3.68. The summed E-state index contributed by atoms with van der Waals surface area (Å²) in [6, 6.07) is 9.62. The molecule has 1 atom stereocenters. The zero-order valence-electron chi connectivity index (χ0n) is 19.0. The molecule has 2 aromatic rings. The van der Waals surface area contributed by atoms with Crippen LogP contribution in [0.25, 0.3) is 6.08 Å². The van der Waals surface area contributed by atoms with Crippen molar-refractivity contribution in [2.75, 3.05) is 18.4 Å². The van der Waals surface area contributed by atoms with E-state index in [1.165, 1.54) is 0 Å². The van der Waals surface area contributed by atoms with E-state index in [1.807, 2.05) is 44.2 Å². The van der Waals surface area contributed by atoms with Gasteiger partial charge in [-0.1, -0.05) is 30.3 Å². The van der Waals surface area contributed by atoms with Crippen LogP contribution in [-0.2, 0) is 26.2 Å². The first-order chi connectivity index (χ1) is 15.3. The fourth-order valence-electron chi connectivity index (χ4n) is 3.68. The van der Waals surface area contributed by atoms with Crippen molar-refractivity contribution >= 4 is 29.5 Å². The number of esters is 1. The predicted molar refractivity (Wildman–Crippen MR) is 122 cm³/mol. The highest BCUT2D eigenvalue weighted by molar-refractivity contribution is 5.96. The molecule has 8 heteroatoms. The molecule has 1 fully saturated rings. The lowest BCUT2D eigenvalue weighted by Gasteiger charge is -2.30. The number of ether oxygens (including phenoxy) is 1. The molecule has 170 valence electrons.